The van der Waals surface area contributed by atoms with Crippen molar-refractivity contribution in [2.75, 3.05) is 26.2 Å². The van der Waals surface area contributed by atoms with Crippen LogP contribution in [0.25, 0.3) is 0 Å². The molecule has 0 saturated carbocycles. The van der Waals surface area contributed by atoms with Crippen molar-refractivity contribution >= 4 is 0 Å². The molecule has 1 aliphatic heterocycles. The third-order valence-electron chi connectivity index (χ3n) is 3.43. The van der Waals surface area contributed by atoms with Gasteiger partial charge in [-0.25, -0.2) is 0 Å². The standard InChI is InChI=1S/C15H25N3/c1-15(2,3)14-6-5-13(11-17-14)12-18-9-4-7-16-8-10-18/h5-6,11,16H,4,7-10,12H2,1-3H3. The first kappa shape index (κ1) is 13.5. The van der Waals surface area contributed by atoms with E-state index in [4.69, 9.17) is 0 Å². The summed E-state index contributed by atoms with van der Waals surface area (Å²) in [5.41, 5.74) is 2.64. The van der Waals surface area contributed by atoms with Crippen LogP contribution in [0.5, 0.6) is 0 Å². The average Bonchev–Trinajstić information content (AvgIpc) is 2.57. The zero-order valence-electron chi connectivity index (χ0n) is 11.9. The van der Waals surface area contributed by atoms with Crippen LogP contribution in [0.4, 0.5) is 0 Å². The van der Waals surface area contributed by atoms with Crippen LogP contribution in [-0.2, 0) is 12.0 Å². The lowest BCUT2D eigenvalue weighted by Gasteiger charge is -2.21. The number of nitrogens with zero attached hydrogens (tertiary/aromatic N) is 2. The second kappa shape index (κ2) is 5.81. The van der Waals surface area contributed by atoms with Crippen molar-refractivity contribution in [2.24, 2.45) is 0 Å². The molecule has 1 fully saturated rings. The van der Waals surface area contributed by atoms with Gasteiger partial charge in [0, 0.05) is 36.9 Å². The van der Waals surface area contributed by atoms with Gasteiger partial charge in [-0.15, -0.1) is 0 Å². The van der Waals surface area contributed by atoms with E-state index >= 15 is 0 Å². The molecule has 1 saturated heterocycles. The number of nitrogens with one attached hydrogen (secondary N) is 1. The molecular weight excluding hydrogens is 222 g/mol. The van der Waals surface area contributed by atoms with Gasteiger partial charge in [0.2, 0.25) is 0 Å². The zero-order valence-corrected chi connectivity index (χ0v) is 11.9. The van der Waals surface area contributed by atoms with E-state index in [0.717, 1.165) is 26.2 Å². The molecule has 1 aliphatic rings. The van der Waals surface area contributed by atoms with Gasteiger partial charge in [0.05, 0.1) is 0 Å². The van der Waals surface area contributed by atoms with Gasteiger partial charge in [-0.3, -0.25) is 9.88 Å². The first-order valence-electron chi connectivity index (χ1n) is 6.94. The largest absolute Gasteiger partial charge is 0.315 e. The second-order valence-electron chi connectivity index (χ2n) is 6.18. The summed E-state index contributed by atoms with van der Waals surface area (Å²) in [7, 11) is 0. The van der Waals surface area contributed by atoms with Gasteiger partial charge in [-0.1, -0.05) is 26.8 Å². The molecule has 18 heavy (non-hydrogen) atoms. The maximum atomic E-state index is 4.60. The highest BCUT2D eigenvalue weighted by Gasteiger charge is 2.15. The van der Waals surface area contributed by atoms with E-state index in [1.54, 1.807) is 0 Å². The molecule has 3 heteroatoms. The van der Waals surface area contributed by atoms with Gasteiger partial charge >= 0.3 is 0 Å². The maximum Gasteiger partial charge on any atom is 0.0457 e. The summed E-state index contributed by atoms with van der Waals surface area (Å²) in [6, 6.07) is 4.40. The lowest BCUT2D eigenvalue weighted by Crippen LogP contribution is -2.27. The summed E-state index contributed by atoms with van der Waals surface area (Å²) in [5.74, 6) is 0. The molecule has 0 amide bonds. The Labute approximate surface area is 111 Å². The number of hydrogen-bond acceptors (Lipinski definition) is 3. The molecule has 0 unspecified atom stereocenters. The van der Waals surface area contributed by atoms with Gasteiger partial charge in [-0.2, -0.15) is 0 Å². The average molecular weight is 247 g/mol. The Morgan fingerprint density at radius 3 is 2.72 bits per heavy atom. The van der Waals surface area contributed by atoms with Crippen molar-refractivity contribution in [1.29, 1.82) is 0 Å². The maximum absolute atomic E-state index is 4.60. The summed E-state index contributed by atoms with van der Waals surface area (Å²) in [6.07, 6.45) is 3.28. The van der Waals surface area contributed by atoms with Crippen LogP contribution in [-0.4, -0.2) is 36.1 Å². The van der Waals surface area contributed by atoms with E-state index in [1.807, 2.05) is 6.20 Å². The summed E-state index contributed by atoms with van der Waals surface area (Å²) in [4.78, 5) is 7.10. The van der Waals surface area contributed by atoms with Gasteiger partial charge in [0.15, 0.2) is 0 Å². The van der Waals surface area contributed by atoms with Crippen LogP contribution >= 0.6 is 0 Å². The fraction of sp³-hybridized carbons (Fsp3) is 0.667. The lowest BCUT2D eigenvalue weighted by molar-refractivity contribution is 0.284. The number of rotatable bonds is 2. The van der Waals surface area contributed by atoms with E-state index < -0.39 is 0 Å². The lowest BCUT2D eigenvalue weighted by atomic mass is 9.91. The van der Waals surface area contributed by atoms with E-state index in [1.165, 1.54) is 24.2 Å². The molecule has 0 atom stereocenters. The normalized spacial score (nSPS) is 18.6. The van der Waals surface area contributed by atoms with Crippen LogP contribution in [0, 0.1) is 0 Å². The topological polar surface area (TPSA) is 28.2 Å². The monoisotopic (exact) mass is 247 g/mol. The Balaban J connectivity index is 1.97. The van der Waals surface area contributed by atoms with Crippen molar-refractivity contribution in [3.05, 3.63) is 29.6 Å². The highest BCUT2D eigenvalue weighted by atomic mass is 15.1. The Kier molecular flexibility index (Phi) is 4.36. The van der Waals surface area contributed by atoms with Crippen LogP contribution in [0.1, 0.15) is 38.4 Å². The molecule has 0 aliphatic carbocycles. The van der Waals surface area contributed by atoms with E-state index in [-0.39, 0.29) is 5.41 Å². The zero-order chi connectivity index (χ0) is 13.0. The summed E-state index contributed by atoms with van der Waals surface area (Å²) in [5, 5.41) is 3.43. The van der Waals surface area contributed by atoms with Crippen LogP contribution in [0.3, 0.4) is 0 Å². The number of pyridine rings is 1. The smallest absolute Gasteiger partial charge is 0.0457 e. The highest BCUT2D eigenvalue weighted by molar-refractivity contribution is 5.19. The minimum absolute atomic E-state index is 0.144. The third-order valence-corrected chi connectivity index (χ3v) is 3.43. The molecular formula is C15H25N3. The van der Waals surface area contributed by atoms with Crippen LogP contribution < -0.4 is 5.32 Å². The van der Waals surface area contributed by atoms with E-state index in [2.05, 4.69) is 48.1 Å². The molecule has 2 heterocycles. The minimum atomic E-state index is 0.144. The van der Waals surface area contributed by atoms with Gasteiger partial charge in [0.25, 0.3) is 0 Å². The molecule has 100 valence electrons. The quantitative estimate of drug-likeness (QED) is 0.868. The van der Waals surface area contributed by atoms with E-state index in [0.29, 0.717) is 0 Å². The van der Waals surface area contributed by atoms with Crippen molar-refractivity contribution < 1.29 is 0 Å². The fourth-order valence-electron chi connectivity index (χ4n) is 2.28. The molecule has 1 aromatic heterocycles. The van der Waals surface area contributed by atoms with Crippen molar-refractivity contribution in [3.63, 3.8) is 0 Å². The summed E-state index contributed by atoms with van der Waals surface area (Å²) < 4.78 is 0. The Morgan fingerprint density at radius 1 is 1.22 bits per heavy atom. The van der Waals surface area contributed by atoms with Gasteiger partial charge < -0.3 is 5.32 Å². The molecule has 3 nitrogen and oxygen atoms in total. The highest BCUT2D eigenvalue weighted by Crippen LogP contribution is 2.20. The first-order valence-corrected chi connectivity index (χ1v) is 6.94. The molecule has 0 bridgehead atoms. The Hall–Kier alpha value is -0.930. The third kappa shape index (κ3) is 3.79. The van der Waals surface area contributed by atoms with Crippen molar-refractivity contribution in [3.8, 4) is 0 Å². The fourth-order valence-corrected chi connectivity index (χ4v) is 2.28. The predicted molar refractivity (Wildman–Crippen MR) is 75.7 cm³/mol. The molecule has 0 aromatic carbocycles. The number of aromatic nitrogens is 1. The predicted octanol–water partition coefficient (Wildman–Crippen LogP) is 2.17. The second-order valence-corrected chi connectivity index (χ2v) is 6.18. The molecule has 0 spiro atoms. The molecule has 1 aromatic rings. The van der Waals surface area contributed by atoms with Crippen LogP contribution in [0.2, 0.25) is 0 Å². The number of hydrogen-bond donors (Lipinski definition) is 1. The Bertz CT molecular complexity index is 356. The van der Waals surface area contributed by atoms with Gasteiger partial charge in [-0.05, 0) is 31.1 Å². The summed E-state index contributed by atoms with van der Waals surface area (Å²) >= 11 is 0. The van der Waals surface area contributed by atoms with Crippen LogP contribution in [0.15, 0.2) is 18.3 Å². The minimum Gasteiger partial charge on any atom is -0.315 e. The SMILES string of the molecule is CC(C)(C)c1ccc(CN2CCCNCC2)cn1. The molecule has 1 N–H and O–H groups in total. The van der Waals surface area contributed by atoms with Crippen molar-refractivity contribution in [1.82, 2.24) is 15.2 Å². The Morgan fingerprint density at radius 2 is 2.06 bits per heavy atom. The van der Waals surface area contributed by atoms with E-state index in [9.17, 15) is 0 Å². The van der Waals surface area contributed by atoms with Crippen molar-refractivity contribution in [2.45, 2.75) is 39.2 Å². The summed E-state index contributed by atoms with van der Waals surface area (Å²) in [6.45, 7) is 12.2. The molecule has 0 radical (unpaired) electrons. The first-order chi connectivity index (χ1) is 8.55. The van der Waals surface area contributed by atoms with Gasteiger partial charge in [0.1, 0.15) is 0 Å². The molecule has 2 rings (SSSR count).